The van der Waals surface area contributed by atoms with Crippen molar-refractivity contribution in [3.8, 4) is 0 Å². The minimum Gasteiger partial charge on any atom is -0.162 e. The van der Waals surface area contributed by atoms with Gasteiger partial charge in [-0.15, -0.1) is 0 Å². The van der Waals surface area contributed by atoms with Crippen LogP contribution in [0.25, 0.3) is 0 Å². The number of hydrogen-bond donors (Lipinski definition) is 0. The Balaban J connectivity index is 3.15. The largest absolute Gasteiger partial charge is 0.162 e. The van der Waals surface area contributed by atoms with Crippen molar-refractivity contribution in [3.63, 3.8) is 0 Å². The van der Waals surface area contributed by atoms with Crippen molar-refractivity contribution < 1.29 is 0 Å². The predicted molar refractivity (Wildman–Crippen MR) is 69.0 cm³/mol. The van der Waals surface area contributed by atoms with E-state index in [1.165, 1.54) is 30.8 Å². The number of rotatable bonds is 8. The van der Waals surface area contributed by atoms with Gasteiger partial charge in [-0.2, -0.15) is 11.8 Å². The van der Waals surface area contributed by atoms with Gasteiger partial charge < -0.3 is 0 Å². The Hall–Kier alpha value is 0.830. The van der Waals surface area contributed by atoms with Gasteiger partial charge in [0.05, 0.1) is 0 Å². The van der Waals surface area contributed by atoms with E-state index in [1.807, 2.05) is 0 Å². The van der Waals surface area contributed by atoms with E-state index in [0.717, 1.165) is 17.2 Å². The molecule has 0 saturated heterocycles. The summed E-state index contributed by atoms with van der Waals surface area (Å²) in [5.41, 5.74) is 0. The van der Waals surface area contributed by atoms with Gasteiger partial charge in [-0.25, -0.2) is 0 Å². The quantitative estimate of drug-likeness (QED) is 0.458. The maximum atomic E-state index is 3.49. The molecule has 0 bridgehead atoms. The second-order valence-electron chi connectivity index (χ2n) is 3.96. The maximum Gasteiger partial charge on any atom is 0.00338 e. The molecule has 0 aliphatic carbocycles. The van der Waals surface area contributed by atoms with Crippen LogP contribution in [0, 0.1) is 11.8 Å². The monoisotopic (exact) mass is 266 g/mol. The van der Waals surface area contributed by atoms with E-state index in [9.17, 15) is 0 Å². The molecule has 0 radical (unpaired) electrons. The van der Waals surface area contributed by atoms with E-state index in [0.29, 0.717) is 0 Å². The molecule has 0 aliphatic rings. The number of thioether (sulfide) groups is 1. The van der Waals surface area contributed by atoms with E-state index < -0.39 is 0 Å². The third kappa shape index (κ3) is 9.14. The molecule has 0 aliphatic heterocycles. The van der Waals surface area contributed by atoms with Crippen LogP contribution >= 0.6 is 27.7 Å². The van der Waals surface area contributed by atoms with Crippen LogP contribution in [0.4, 0.5) is 0 Å². The first kappa shape index (κ1) is 13.8. The summed E-state index contributed by atoms with van der Waals surface area (Å²) in [5, 5.41) is 1.16. The fraction of sp³-hybridized carbons (Fsp3) is 1.00. The second kappa shape index (κ2) is 9.39. The summed E-state index contributed by atoms with van der Waals surface area (Å²) in [6.07, 6.45) is 4.03. The molecule has 2 unspecified atom stereocenters. The van der Waals surface area contributed by atoms with Crippen molar-refractivity contribution in [1.29, 1.82) is 0 Å². The van der Waals surface area contributed by atoms with Crippen LogP contribution in [-0.4, -0.2) is 16.8 Å². The molecule has 0 N–H and O–H groups in total. The summed E-state index contributed by atoms with van der Waals surface area (Å²) >= 11 is 5.61. The summed E-state index contributed by atoms with van der Waals surface area (Å²) in [5.74, 6) is 4.48. The summed E-state index contributed by atoms with van der Waals surface area (Å²) in [6.45, 7) is 6.97. The van der Waals surface area contributed by atoms with Gasteiger partial charge in [-0.05, 0) is 36.2 Å². The van der Waals surface area contributed by atoms with Crippen LogP contribution in [0.3, 0.4) is 0 Å². The molecule has 13 heavy (non-hydrogen) atoms. The normalized spacial score (nSPS) is 15.7. The van der Waals surface area contributed by atoms with Crippen molar-refractivity contribution in [1.82, 2.24) is 0 Å². The molecule has 0 amide bonds. The average Bonchev–Trinajstić information content (AvgIpc) is 2.12. The van der Waals surface area contributed by atoms with Gasteiger partial charge in [0.25, 0.3) is 0 Å². The lowest BCUT2D eigenvalue weighted by Crippen LogP contribution is -2.00. The fourth-order valence-electron chi connectivity index (χ4n) is 1.02. The second-order valence-corrected chi connectivity index (χ2v) is 5.90. The molecule has 0 aromatic rings. The van der Waals surface area contributed by atoms with Crippen LogP contribution in [0.5, 0.6) is 0 Å². The highest BCUT2D eigenvalue weighted by molar-refractivity contribution is 9.09. The number of hydrogen-bond acceptors (Lipinski definition) is 1. The zero-order valence-corrected chi connectivity index (χ0v) is 11.6. The lowest BCUT2D eigenvalue weighted by molar-refractivity contribution is 0.554. The molecule has 0 aromatic carbocycles. The third-order valence-electron chi connectivity index (χ3n) is 2.46. The Morgan fingerprint density at radius 2 is 1.85 bits per heavy atom. The standard InChI is InChI=1S/C11H23BrS/c1-4-10(2)9-13-8-6-11(3)5-7-12/h10-11H,4-9H2,1-3H3. The molecule has 0 aromatic heterocycles. The first-order valence-electron chi connectivity index (χ1n) is 5.34. The summed E-state index contributed by atoms with van der Waals surface area (Å²) < 4.78 is 0. The Labute approximate surface area is 96.4 Å². The summed E-state index contributed by atoms with van der Waals surface area (Å²) in [6, 6.07) is 0. The van der Waals surface area contributed by atoms with Gasteiger partial charge in [0.2, 0.25) is 0 Å². The van der Waals surface area contributed by atoms with Crippen molar-refractivity contribution in [2.75, 3.05) is 16.8 Å². The Morgan fingerprint density at radius 1 is 1.15 bits per heavy atom. The molecule has 0 saturated carbocycles. The van der Waals surface area contributed by atoms with E-state index in [1.54, 1.807) is 0 Å². The summed E-state index contributed by atoms with van der Waals surface area (Å²) in [7, 11) is 0. The van der Waals surface area contributed by atoms with Gasteiger partial charge in [-0.1, -0.05) is 43.1 Å². The molecular weight excluding hydrogens is 244 g/mol. The van der Waals surface area contributed by atoms with Crippen LogP contribution < -0.4 is 0 Å². The molecule has 0 spiro atoms. The zero-order chi connectivity index (χ0) is 10.1. The van der Waals surface area contributed by atoms with Crippen molar-refractivity contribution in [2.45, 2.75) is 40.0 Å². The molecule has 80 valence electrons. The van der Waals surface area contributed by atoms with Crippen molar-refractivity contribution in [3.05, 3.63) is 0 Å². The Kier molecular flexibility index (Phi) is 9.99. The maximum absolute atomic E-state index is 3.49. The van der Waals surface area contributed by atoms with Gasteiger partial charge in [0, 0.05) is 5.33 Å². The van der Waals surface area contributed by atoms with E-state index in [4.69, 9.17) is 0 Å². The minimum atomic E-state index is 0.892. The molecule has 2 heteroatoms. The molecule has 0 heterocycles. The minimum absolute atomic E-state index is 0.892. The smallest absolute Gasteiger partial charge is 0.00338 e. The van der Waals surface area contributed by atoms with Crippen LogP contribution in [0.1, 0.15) is 40.0 Å². The highest BCUT2D eigenvalue weighted by Crippen LogP contribution is 2.16. The van der Waals surface area contributed by atoms with Crippen molar-refractivity contribution in [2.24, 2.45) is 11.8 Å². The first-order chi connectivity index (χ1) is 6.20. The van der Waals surface area contributed by atoms with Crippen LogP contribution in [-0.2, 0) is 0 Å². The third-order valence-corrected chi connectivity index (χ3v) is 4.24. The Bertz CT molecular complexity index is 106. The van der Waals surface area contributed by atoms with Crippen LogP contribution in [0.2, 0.25) is 0 Å². The van der Waals surface area contributed by atoms with Crippen LogP contribution in [0.15, 0.2) is 0 Å². The fourth-order valence-corrected chi connectivity index (χ4v) is 3.17. The first-order valence-corrected chi connectivity index (χ1v) is 7.62. The average molecular weight is 267 g/mol. The lowest BCUT2D eigenvalue weighted by Gasteiger charge is -2.10. The highest BCUT2D eigenvalue weighted by Gasteiger charge is 2.02. The molecule has 0 rings (SSSR count). The lowest BCUT2D eigenvalue weighted by atomic mass is 10.1. The van der Waals surface area contributed by atoms with Gasteiger partial charge in [0.1, 0.15) is 0 Å². The van der Waals surface area contributed by atoms with Gasteiger partial charge in [-0.3, -0.25) is 0 Å². The molecular formula is C11H23BrS. The van der Waals surface area contributed by atoms with E-state index in [2.05, 4.69) is 48.5 Å². The topological polar surface area (TPSA) is 0 Å². The van der Waals surface area contributed by atoms with Gasteiger partial charge in [0.15, 0.2) is 0 Å². The highest BCUT2D eigenvalue weighted by atomic mass is 79.9. The molecule has 0 nitrogen and oxygen atoms in total. The summed E-state index contributed by atoms with van der Waals surface area (Å²) in [4.78, 5) is 0. The molecule has 2 atom stereocenters. The van der Waals surface area contributed by atoms with E-state index in [-0.39, 0.29) is 0 Å². The molecule has 0 fully saturated rings. The number of alkyl halides is 1. The SMILES string of the molecule is CCC(C)CSCCC(C)CCBr. The van der Waals surface area contributed by atoms with E-state index >= 15 is 0 Å². The van der Waals surface area contributed by atoms with Gasteiger partial charge >= 0.3 is 0 Å². The zero-order valence-electron chi connectivity index (χ0n) is 9.18. The van der Waals surface area contributed by atoms with Crippen molar-refractivity contribution >= 4 is 27.7 Å². The predicted octanol–water partition coefficient (Wildman–Crippen LogP) is 4.58. The number of halogens is 1. The Morgan fingerprint density at radius 3 is 2.38 bits per heavy atom.